The van der Waals surface area contributed by atoms with Crippen LogP contribution in [-0.4, -0.2) is 18.2 Å². The highest BCUT2D eigenvalue weighted by molar-refractivity contribution is 7.92. The molecule has 6 nitrogen and oxygen atoms in total. The minimum atomic E-state index is -4.18. The van der Waals surface area contributed by atoms with E-state index >= 15 is 0 Å². The van der Waals surface area contributed by atoms with Gasteiger partial charge in [-0.05, 0) is 6.07 Å². The summed E-state index contributed by atoms with van der Waals surface area (Å²) in [5.41, 5.74) is 4.39. The van der Waals surface area contributed by atoms with E-state index in [1.54, 1.807) is 0 Å². The molecule has 0 radical (unpaired) electrons. The first kappa shape index (κ1) is 14.5. The highest BCUT2D eigenvalue weighted by atomic mass is 35.5. The molecular formula is C10H9ClF2N4O2S. The first-order valence-electron chi connectivity index (χ1n) is 5.17. The molecule has 0 fully saturated rings. The number of nitrogen functional groups attached to an aromatic ring is 1. The van der Waals surface area contributed by atoms with Gasteiger partial charge in [0.25, 0.3) is 10.0 Å². The van der Waals surface area contributed by atoms with E-state index in [0.29, 0.717) is 6.07 Å². The molecule has 1 heterocycles. The van der Waals surface area contributed by atoms with Crippen LogP contribution in [0.3, 0.4) is 0 Å². The Morgan fingerprint density at radius 3 is 2.55 bits per heavy atom. The van der Waals surface area contributed by atoms with Crippen molar-refractivity contribution in [2.75, 3.05) is 10.5 Å². The quantitative estimate of drug-likeness (QED) is 0.842. The second kappa shape index (κ2) is 4.91. The zero-order valence-electron chi connectivity index (χ0n) is 10.1. The third kappa shape index (κ3) is 2.54. The molecular weight excluding hydrogens is 314 g/mol. The van der Waals surface area contributed by atoms with E-state index in [-0.39, 0.29) is 15.7 Å². The van der Waals surface area contributed by atoms with Crippen molar-refractivity contribution in [3.63, 3.8) is 0 Å². The SMILES string of the molecule is Cn1ncc(Cl)c1S(=O)(=O)Nc1cc(N)c(F)cc1F. The summed E-state index contributed by atoms with van der Waals surface area (Å²) in [6.45, 7) is 0. The van der Waals surface area contributed by atoms with Crippen molar-refractivity contribution in [1.29, 1.82) is 0 Å². The molecule has 108 valence electrons. The van der Waals surface area contributed by atoms with Crippen LogP contribution in [0.25, 0.3) is 0 Å². The number of hydrogen-bond donors (Lipinski definition) is 2. The van der Waals surface area contributed by atoms with E-state index in [4.69, 9.17) is 17.3 Å². The number of hydrogen-bond acceptors (Lipinski definition) is 4. The predicted octanol–water partition coefficient (Wildman–Crippen LogP) is 1.73. The highest BCUT2D eigenvalue weighted by Gasteiger charge is 2.24. The Kier molecular flexibility index (Phi) is 3.57. The van der Waals surface area contributed by atoms with Gasteiger partial charge in [0, 0.05) is 13.1 Å². The summed E-state index contributed by atoms with van der Waals surface area (Å²) in [5, 5.41) is 3.19. The molecule has 1 aromatic heterocycles. The number of benzene rings is 1. The standard InChI is InChI=1S/C10H9ClF2N4O2S/c1-17-10(5(11)4-15-17)20(18,19)16-9-3-8(14)6(12)2-7(9)13/h2-4,16H,14H2,1H3. The largest absolute Gasteiger partial charge is 0.396 e. The third-order valence-electron chi connectivity index (χ3n) is 2.43. The van der Waals surface area contributed by atoms with Gasteiger partial charge in [-0.25, -0.2) is 8.78 Å². The molecule has 0 unspecified atom stereocenters. The molecule has 1 aromatic carbocycles. The van der Waals surface area contributed by atoms with Crippen molar-refractivity contribution in [2.24, 2.45) is 7.05 Å². The number of aryl methyl sites for hydroxylation is 1. The molecule has 0 saturated heterocycles. The lowest BCUT2D eigenvalue weighted by Gasteiger charge is -2.10. The minimum Gasteiger partial charge on any atom is -0.396 e. The lowest BCUT2D eigenvalue weighted by Crippen LogP contribution is -2.18. The van der Waals surface area contributed by atoms with Gasteiger partial charge >= 0.3 is 0 Å². The van der Waals surface area contributed by atoms with Crippen LogP contribution in [0.5, 0.6) is 0 Å². The molecule has 0 bridgehead atoms. The number of sulfonamides is 1. The van der Waals surface area contributed by atoms with Gasteiger partial charge in [-0.2, -0.15) is 13.5 Å². The maximum Gasteiger partial charge on any atom is 0.280 e. The average molecular weight is 323 g/mol. The van der Waals surface area contributed by atoms with Gasteiger partial charge in [-0.15, -0.1) is 0 Å². The first-order chi connectivity index (χ1) is 9.22. The molecule has 2 rings (SSSR count). The molecule has 0 amide bonds. The summed E-state index contributed by atoms with van der Waals surface area (Å²) in [6.07, 6.45) is 1.13. The van der Waals surface area contributed by atoms with Crippen molar-refractivity contribution in [2.45, 2.75) is 5.03 Å². The molecule has 0 spiro atoms. The lowest BCUT2D eigenvalue weighted by atomic mass is 10.2. The number of rotatable bonds is 3. The zero-order valence-corrected chi connectivity index (χ0v) is 11.6. The minimum absolute atomic E-state index is 0.129. The van der Waals surface area contributed by atoms with Gasteiger partial charge in [0.05, 0.1) is 22.6 Å². The maximum atomic E-state index is 13.5. The molecule has 0 aliphatic carbocycles. The second-order valence-corrected chi connectivity index (χ2v) is 5.89. The third-order valence-corrected chi connectivity index (χ3v) is 4.30. The summed E-state index contributed by atoms with van der Waals surface area (Å²) in [7, 11) is -2.83. The molecule has 0 saturated carbocycles. The maximum absolute atomic E-state index is 13.5. The van der Waals surface area contributed by atoms with E-state index < -0.39 is 27.3 Å². The van der Waals surface area contributed by atoms with Gasteiger partial charge in [-0.3, -0.25) is 9.40 Å². The lowest BCUT2D eigenvalue weighted by molar-refractivity contribution is 0.576. The van der Waals surface area contributed by atoms with Crippen molar-refractivity contribution < 1.29 is 17.2 Å². The Morgan fingerprint density at radius 1 is 1.35 bits per heavy atom. The van der Waals surface area contributed by atoms with E-state index in [1.807, 2.05) is 4.72 Å². The van der Waals surface area contributed by atoms with E-state index in [9.17, 15) is 17.2 Å². The van der Waals surface area contributed by atoms with Gasteiger partial charge in [0.15, 0.2) is 5.03 Å². The van der Waals surface area contributed by atoms with Crippen molar-refractivity contribution in [3.05, 3.63) is 35.0 Å². The van der Waals surface area contributed by atoms with Crippen LogP contribution >= 0.6 is 11.6 Å². The van der Waals surface area contributed by atoms with Crippen LogP contribution in [-0.2, 0) is 17.1 Å². The normalized spacial score (nSPS) is 11.6. The molecule has 20 heavy (non-hydrogen) atoms. The fourth-order valence-corrected chi connectivity index (χ4v) is 3.26. The van der Waals surface area contributed by atoms with Gasteiger partial charge in [0.1, 0.15) is 11.6 Å². The molecule has 3 N–H and O–H groups in total. The summed E-state index contributed by atoms with van der Waals surface area (Å²) in [6, 6.07) is 1.32. The monoisotopic (exact) mass is 322 g/mol. The second-order valence-electron chi connectivity index (χ2n) is 3.88. The zero-order chi connectivity index (χ0) is 15.1. The predicted molar refractivity (Wildman–Crippen MR) is 69.8 cm³/mol. The van der Waals surface area contributed by atoms with Crippen LogP contribution in [0, 0.1) is 11.6 Å². The molecule has 0 atom stereocenters. The molecule has 10 heteroatoms. The fraction of sp³-hybridized carbons (Fsp3) is 0.100. The number of halogens is 3. The highest BCUT2D eigenvalue weighted by Crippen LogP contribution is 2.26. The Balaban J connectivity index is 2.47. The summed E-state index contributed by atoms with van der Waals surface area (Å²) in [5.74, 6) is -2.08. The number of nitrogens with zero attached hydrogens (tertiary/aromatic N) is 2. The molecule has 0 aliphatic heterocycles. The van der Waals surface area contributed by atoms with Gasteiger partial charge in [-0.1, -0.05) is 11.6 Å². The van der Waals surface area contributed by atoms with E-state index in [0.717, 1.165) is 16.9 Å². The smallest absolute Gasteiger partial charge is 0.280 e. The number of aromatic nitrogens is 2. The van der Waals surface area contributed by atoms with Crippen LogP contribution in [0.1, 0.15) is 0 Å². The Labute approximate surface area is 118 Å². The van der Waals surface area contributed by atoms with Crippen molar-refractivity contribution in [3.8, 4) is 0 Å². The Hall–Kier alpha value is -1.87. The summed E-state index contributed by atoms with van der Waals surface area (Å²) >= 11 is 5.71. The summed E-state index contributed by atoms with van der Waals surface area (Å²) in [4.78, 5) is 0. The van der Waals surface area contributed by atoms with Crippen LogP contribution in [0.2, 0.25) is 5.02 Å². The van der Waals surface area contributed by atoms with Crippen LogP contribution in [0.15, 0.2) is 23.4 Å². The van der Waals surface area contributed by atoms with Crippen LogP contribution in [0.4, 0.5) is 20.2 Å². The number of anilines is 2. The van der Waals surface area contributed by atoms with Gasteiger partial charge < -0.3 is 5.73 Å². The topological polar surface area (TPSA) is 90.0 Å². The molecule has 2 aromatic rings. The Bertz CT molecular complexity index is 756. The van der Waals surface area contributed by atoms with Crippen molar-refractivity contribution in [1.82, 2.24) is 9.78 Å². The summed E-state index contributed by atoms with van der Waals surface area (Å²) < 4.78 is 53.7. The molecule has 0 aliphatic rings. The van der Waals surface area contributed by atoms with Gasteiger partial charge in [0.2, 0.25) is 0 Å². The van der Waals surface area contributed by atoms with Crippen LogP contribution < -0.4 is 10.5 Å². The first-order valence-corrected chi connectivity index (χ1v) is 7.03. The number of nitrogens with two attached hydrogens (primary N) is 1. The number of nitrogens with one attached hydrogen (secondary N) is 1. The Morgan fingerprint density at radius 2 is 2.00 bits per heavy atom. The van der Waals surface area contributed by atoms with Crippen molar-refractivity contribution >= 4 is 33.0 Å². The fourth-order valence-electron chi connectivity index (χ4n) is 1.54. The van der Waals surface area contributed by atoms with E-state index in [2.05, 4.69) is 5.10 Å². The van der Waals surface area contributed by atoms with E-state index in [1.165, 1.54) is 7.05 Å². The average Bonchev–Trinajstić information content (AvgIpc) is 2.66.